The molecule has 0 radical (unpaired) electrons. The van der Waals surface area contributed by atoms with Crippen LogP contribution in [0.2, 0.25) is 0 Å². The maximum absolute atomic E-state index is 12.3. The lowest BCUT2D eigenvalue weighted by atomic mass is 10.2. The molecule has 0 aliphatic carbocycles. The summed E-state index contributed by atoms with van der Waals surface area (Å²) in [5.41, 5.74) is 1.25. The average Bonchev–Trinajstić information content (AvgIpc) is 3.08. The molecule has 0 saturated carbocycles. The Hall–Kier alpha value is -2.81. The fourth-order valence-electron chi connectivity index (χ4n) is 2.35. The maximum atomic E-state index is 12.3. The molecule has 2 aromatic heterocycles. The zero-order valence-corrected chi connectivity index (χ0v) is 15.5. The third kappa shape index (κ3) is 3.88. The van der Waals surface area contributed by atoms with Gasteiger partial charge >= 0.3 is 0 Å². The highest BCUT2D eigenvalue weighted by molar-refractivity contribution is 7.99. The van der Waals surface area contributed by atoms with E-state index in [4.69, 9.17) is 9.47 Å². The van der Waals surface area contributed by atoms with Gasteiger partial charge in [0.25, 0.3) is 0 Å². The van der Waals surface area contributed by atoms with E-state index in [9.17, 15) is 4.79 Å². The first kappa shape index (κ1) is 18.0. The topological polar surface area (TPSA) is 90.6 Å². The van der Waals surface area contributed by atoms with Crippen LogP contribution in [0.4, 0.5) is 5.69 Å². The van der Waals surface area contributed by atoms with Crippen LogP contribution in [-0.4, -0.2) is 45.7 Å². The van der Waals surface area contributed by atoms with E-state index < -0.39 is 0 Å². The minimum absolute atomic E-state index is 0.164. The molecule has 0 aliphatic heterocycles. The summed E-state index contributed by atoms with van der Waals surface area (Å²) in [7, 11) is 3.12. The first-order valence-corrected chi connectivity index (χ1v) is 8.99. The predicted molar refractivity (Wildman–Crippen MR) is 99.1 cm³/mol. The van der Waals surface area contributed by atoms with Crippen molar-refractivity contribution in [2.45, 2.75) is 18.4 Å². The number of carbonyl (C=O) groups excluding carboxylic acids is 1. The van der Waals surface area contributed by atoms with Gasteiger partial charge in [0.15, 0.2) is 11.5 Å². The summed E-state index contributed by atoms with van der Waals surface area (Å²) in [6, 6.07) is 8.90. The summed E-state index contributed by atoms with van der Waals surface area (Å²) in [6.07, 6.45) is 0.735. The van der Waals surface area contributed by atoms with Crippen molar-refractivity contribution in [1.82, 2.24) is 19.8 Å². The quantitative estimate of drug-likeness (QED) is 0.636. The molecule has 0 spiro atoms. The molecule has 9 heteroatoms. The van der Waals surface area contributed by atoms with Crippen molar-refractivity contribution >= 4 is 29.0 Å². The number of thioether (sulfide) groups is 1. The van der Waals surface area contributed by atoms with Gasteiger partial charge in [-0.2, -0.15) is 9.61 Å². The number of nitrogens with one attached hydrogen (secondary N) is 1. The second-order valence-corrected chi connectivity index (χ2v) is 6.31. The second-order valence-electron chi connectivity index (χ2n) is 5.31. The Morgan fingerprint density at radius 1 is 1.19 bits per heavy atom. The molecular formula is C17H19N5O3S. The zero-order chi connectivity index (χ0) is 18.5. The van der Waals surface area contributed by atoms with E-state index in [0.29, 0.717) is 22.8 Å². The van der Waals surface area contributed by atoms with Crippen LogP contribution in [0.1, 0.15) is 12.7 Å². The van der Waals surface area contributed by atoms with Gasteiger partial charge in [-0.1, -0.05) is 18.7 Å². The van der Waals surface area contributed by atoms with E-state index in [0.717, 1.165) is 17.3 Å². The van der Waals surface area contributed by atoms with E-state index in [1.165, 1.54) is 11.8 Å². The lowest BCUT2D eigenvalue weighted by Gasteiger charge is -2.11. The van der Waals surface area contributed by atoms with Gasteiger partial charge in [-0.3, -0.25) is 4.79 Å². The molecule has 0 saturated heterocycles. The SMILES string of the molecule is CCc1nnc2ccc(SCC(=O)Nc3cc(OC)ccc3OC)nn12. The molecular weight excluding hydrogens is 354 g/mol. The number of aryl methyl sites for hydroxylation is 1. The number of carbonyl (C=O) groups is 1. The van der Waals surface area contributed by atoms with Gasteiger partial charge in [0, 0.05) is 12.5 Å². The highest BCUT2D eigenvalue weighted by Crippen LogP contribution is 2.29. The Kier molecular flexibility index (Phi) is 5.57. The number of hydrogen-bond acceptors (Lipinski definition) is 7. The first-order valence-electron chi connectivity index (χ1n) is 8.00. The lowest BCUT2D eigenvalue weighted by molar-refractivity contribution is -0.113. The van der Waals surface area contributed by atoms with Crippen LogP contribution in [0.15, 0.2) is 35.4 Å². The van der Waals surface area contributed by atoms with Crippen molar-refractivity contribution in [1.29, 1.82) is 0 Å². The Labute approximate surface area is 154 Å². The van der Waals surface area contributed by atoms with E-state index >= 15 is 0 Å². The molecule has 1 amide bonds. The minimum Gasteiger partial charge on any atom is -0.497 e. The molecule has 8 nitrogen and oxygen atoms in total. The molecule has 0 bridgehead atoms. The zero-order valence-electron chi connectivity index (χ0n) is 14.7. The number of hydrogen-bond donors (Lipinski definition) is 1. The number of rotatable bonds is 7. The van der Waals surface area contributed by atoms with Gasteiger partial charge in [-0.25, -0.2) is 0 Å². The smallest absolute Gasteiger partial charge is 0.234 e. The van der Waals surface area contributed by atoms with Gasteiger partial charge in [0.1, 0.15) is 16.5 Å². The molecule has 2 heterocycles. The predicted octanol–water partition coefficient (Wildman–Crippen LogP) is 2.43. The number of benzene rings is 1. The summed E-state index contributed by atoms with van der Waals surface area (Å²) in [6.45, 7) is 1.99. The van der Waals surface area contributed by atoms with Gasteiger partial charge in [0.05, 0.1) is 25.7 Å². The molecule has 1 aromatic carbocycles. The Balaban J connectivity index is 1.67. The number of methoxy groups -OCH3 is 2. The monoisotopic (exact) mass is 373 g/mol. The van der Waals surface area contributed by atoms with Crippen molar-refractivity contribution in [3.63, 3.8) is 0 Å². The van der Waals surface area contributed by atoms with Crippen LogP contribution in [0.3, 0.4) is 0 Å². The standard InChI is InChI=1S/C17H19N5O3S/c1-4-14-19-20-15-7-8-17(21-22(14)15)26-10-16(23)18-12-9-11(24-2)5-6-13(12)25-3/h5-9H,4,10H2,1-3H3,(H,18,23). The van der Waals surface area contributed by atoms with Crippen molar-refractivity contribution < 1.29 is 14.3 Å². The van der Waals surface area contributed by atoms with Crippen molar-refractivity contribution in [3.05, 3.63) is 36.2 Å². The number of amides is 1. The third-order valence-corrected chi connectivity index (χ3v) is 4.57. The van der Waals surface area contributed by atoms with Crippen molar-refractivity contribution in [2.75, 3.05) is 25.3 Å². The highest BCUT2D eigenvalue weighted by Gasteiger charge is 2.11. The van der Waals surface area contributed by atoms with Crippen LogP contribution >= 0.6 is 11.8 Å². The molecule has 26 heavy (non-hydrogen) atoms. The highest BCUT2D eigenvalue weighted by atomic mass is 32.2. The molecule has 3 aromatic rings. The van der Waals surface area contributed by atoms with Crippen molar-refractivity contribution in [2.24, 2.45) is 0 Å². The van der Waals surface area contributed by atoms with E-state index in [-0.39, 0.29) is 11.7 Å². The number of aromatic nitrogens is 4. The largest absolute Gasteiger partial charge is 0.497 e. The minimum atomic E-state index is -0.164. The van der Waals surface area contributed by atoms with Crippen LogP contribution in [0.25, 0.3) is 5.65 Å². The van der Waals surface area contributed by atoms with Crippen LogP contribution in [0, 0.1) is 0 Å². The fraction of sp³-hybridized carbons (Fsp3) is 0.294. The number of fused-ring (bicyclic) bond motifs is 1. The van der Waals surface area contributed by atoms with E-state index in [1.807, 2.05) is 19.1 Å². The lowest BCUT2D eigenvalue weighted by Crippen LogP contribution is -2.15. The molecule has 0 aliphatic rings. The first-order chi connectivity index (χ1) is 12.6. The maximum Gasteiger partial charge on any atom is 0.234 e. The molecule has 1 N–H and O–H groups in total. The van der Waals surface area contributed by atoms with Gasteiger partial charge in [0.2, 0.25) is 5.91 Å². The molecule has 136 valence electrons. The van der Waals surface area contributed by atoms with Crippen LogP contribution in [0.5, 0.6) is 11.5 Å². The summed E-state index contributed by atoms with van der Waals surface area (Å²) >= 11 is 1.34. The second kappa shape index (κ2) is 8.05. The molecule has 3 rings (SSSR count). The molecule has 0 fully saturated rings. The van der Waals surface area contributed by atoms with E-state index in [1.54, 1.807) is 36.9 Å². The summed E-state index contributed by atoms with van der Waals surface area (Å²) in [5.74, 6) is 2.04. The third-order valence-electron chi connectivity index (χ3n) is 3.65. The number of ether oxygens (including phenoxy) is 2. The van der Waals surface area contributed by atoms with Gasteiger partial charge in [-0.15, -0.1) is 10.2 Å². The van der Waals surface area contributed by atoms with Gasteiger partial charge in [-0.05, 0) is 24.3 Å². The summed E-state index contributed by atoms with van der Waals surface area (Å²) < 4.78 is 12.2. The normalized spacial score (nSPS) is 10.7. The van der Waals surface area contributed by atoms with Crippen molar-refractivity contribution in [3.8, 4) is 11.5 Å². The summed E-state index contributed by atoms with van der Waals surface area (Å²) in [4.78, 5) is 12.3. The number of anilines is 1. The van der Waals surface area contributed by atoms with Gasteiger partial charge < -0.3 is 14.8 Å². The molecule has 0 unspecified atom stereocenters. The fourth-order valence-corrected chi connectivity index (χ4v) is 3.01. The Morgan fingerprint density at radius 3 is 2.77 bits per heavy atom. The Morgan fingerprint density at radius 2 is 2.04 bits per heavy atom. The average molecular weight is 373 g/mol. The van der Waals surface area contributed by atoms with E-state index in [2.05, 4.69) is 20.6 Å². The Bertz CT molecular complexity index is 928. The van der Waals surface area contributed by atoms with Crippen LogP contribution in [-0.2, 0) is 11.2 Å². The molecule has 0 atom stereocenters. The summed E-state index contributed by atoms with van der Waals surface area (Å²) in [5, 5.41) is 16.2. The number of nitrogens with zero attached hydrogens (tertiary/aromatic N) is 4. The van der Waals surface area contributed by atoms with Crippen LogP contribution < -0.4 is 14.8 Å².